The Morgan fingerprint density at radius 2 is 1.61 bits per heavy atom. The Kier molecular flexibility index (Phi) is 4.22. The van der Waals surface area contributed by atoms with Crippen LogP contribution in [0.1, 0.15) is 47.5 Å². The molecule has 28 heavy (non-hydrogen) atoms. The van der Waals surface area contributed by atoms with Gasteiger partial charge in [-0.3, -0.25) is 4.79 Å². The Bertz CT molecular complexity index is 918. The van der Waals surface area contributed by atoms with Gasteiger partial charge in [-0.25, -0.2) is 8.78 Å². The normalized spacial score (nSPS) is 25.6. The number of piperidine rings is 1. The van der Waals surface area contributed by atoms with Crippen LogP contribution in [0, 0.1) is 11.6 Å². The molecule has 4 nitrogen and oxygen atoms in total. The number of rotatable bonds is 2. The van der Waals surface area contributed by atoms with E-state index in [1.54, 1.807) is 24.3 Å². The van der Waals surface area contributed by atoms with E-state index in [1.807, 2.05) is 4.90 Å². The van der Waals surface area contributed by atoms with Crippen LogP contribution in [0.2, 0.25) is 0 Å². The zero-order valence-electron chi connectivity index (χ0n) is 15.4. The Morgan fingerprint density at radius 3 is 2.32 bits per heavy atom. The van der Waals surface area contributed by atoms with Gasteiger partial charge in [-0.2, -0.15) is 0 Å². The molecular formula is C22H21F2NO3. The summed E-state index contributed by atoms with van der Waals surface area (Å²) in [4.78, 5) is 15.2. The third-order valence-corrected chi connectivity index (χ3v) is 6.17. The summed E-state index contributed by atoms with van der Waals surface area (Å²) in [5, 5.41) is 0. The van der Waals surface area contributed by atoms with E-state index in [2.05, 4.69) is 0 Å². The zero-order valence-corrected chi connectivity index (χ0v) is 15.4. The van der Waals surface area contributed by atoms with Crippen LogP contribution in [0.15, 0.2) is 36.4 Å². The average Bonchev–Trinajstić information content (AvgIpc) is 2.98. The molecule has 3 heterocycles. The summed E-state index contributed by atoms with van der Waals surface area (Å²) >= 11 is 0. The van der Waals surface area contributed by atoms with E-state index in [0.717, 1.165) is 31.2 Å². The van der Waals surface area contributed by atoms with E-state index >= 15 is 0 Å². The van der Waals surface area contributed by atoms with Crippen LogP contribution in [-0.4, -0.2) is 36.1 Å². The highest BCUT2D eigenvalue weighted by atomic mass is 19.2. The van der Waals surface area contributed by atoms with Gasteiger partial charge in [-0.15, -0.1) is 0 Å². The predicted molar refractivity (Wildman–Crippen MR) is 98.7 cm³/mol. The Labute approximate surface area is 162 Å². The first-order valence-electron chi connectivity index (χ1n) is 9.77. The van der Waals surface area contributed by atoms with Gasteiger partial charge in [0.25, 0.3) is 5.91 Å². The van der Waals surface area contributed by atoms with Crippen LogP contribution in [0.25, 0.3) is 0 Å². The van der Waals surface area contributed by atoms with Crippen molar-refractivity contribution in [3.63, 3.8) is 0 Å². The van der Waals surface area contributed by atoms with Crippen LogP contribution in [0.4, 0.5) is 8.78 Å². The third kappa shape index (κ3) is 2.91. The molecule has 6 heteroatoms. The van der Waals surface area contributed by atoms with Gasteiger partial charge in [0.05, 0.1) is 0 Å². The molecule has 3 aliphatic heterocycles. The summed E-state index contributed by atoms with van der Waals surface area (Å²) in [6, 6.07) is 9.75. The summed E-state index contributed by atoms with van der Waals surface area (Å²) in [6.45, 7) is 0.997. The fourth-order valence-corrected chi connectivity index (χ4v) is 4.87. The van der Waals surface area contributed by atoms with Crippen LogP contribution in [0.5, 0.6) is 11.5 Å². The quantitative estimate of drug-likeness (QED) is 0.774. The molecule has 0 unspecified atom stereocenters. The first kappa shape index (κ1) is 17.5. The van der Waals surface area contributed by atoms with Gasteiger partial charge >= 0.3 is 0 Å². The number of ether oxygens (including phenoxy) is 2. The topological polar surface area (TPSA) is 38.8 Å². The van der Waals surface area contributed by atoms with E-state index in [4.69, 9.17) is 9.47 Å². The highest BCUT2D eigenvalue weighted by molar-refractivity contribution is 5.95. The lowest BCUT2D eigenvalue weighted by Crippen LogP contribution is -2.46. The van der Waals surface area contributed by atoms with Crippen molar-refractivity contribution in [1.82, 2.24) is 4.90 Å². The monoisotopic (exact) mass is 385 g/mol. The predicted octanol–water partition coefficient (Wildman–Crippen LogP) is 4.29. The minimum absolute atomic E-state index is 0.00760. The van der Waals surface area contributed by atoms with Crippen molar-refractivity contribution in [3.05, 3.63) is 59.2 Å². The molecule has 0 spiro atoms. The number of hydrogen-bond acceptors (Lipinski definition) is 3. The highest BCUT2D eigenvalue weighted by Crippen LogP contribution is 2.44. The summed E-state index contributed by atoms with van der Waals surface area (Å²) in [7, 11) is 0. The maximum Gasteiger partial charge on any atom is 0.254 e. The molecule has 3 aliphatic rings. The molecule has 2 fully saturated rings. The smallest absolute Gasteiger partial charge is 0.254 e. The van der Waals surface area contributed by atoms with Gasteiger partial charge in [-0.1, -0.05) is 6.07 Å². The third-order valence-electron chi connectivity index (χ3n) is 6.17. The second-order valence-corrected chi connectivity index (χ2v) is 7.80. The minimum atomic E-state index is -0.821. The van der Waals surface area contributed by atoms with Gasteiger partial charge in [0, 0.05) is 17.6 Å². The van der Waals surface area contributed by atoms with E-state index < -0.39 is 11.6 Å². The van der Waals surface area contributed by atoms with E-state index in [0.29, 0.717) is 30.3 Å². The van der Waals surface area contributed by atoms with Gasteiger partial charge in [0.15, 0.2) is 23.1 Å². The van der Waals surface area contributed by atoms with Gasteiger partial charge < -0.3 is 14.4 Å². The van der Waals surface area contributed by atoms with Gasteiger partial charge in [0.1, 0.15) is 13.2 Å². The van der Waals surface area contributed by atoms with Crippen molar-refractivity contribution in [3.8, 4) is 11.5 Å². The molecular weight excluding hydrogens is 364 g/mol. The standard InChI is InChI=1S/C22H21F2NO3/c23-18-5-1-13(11-19(18)24)15-9-16-3-4-17(10-15)25(16)22(26)14-2-6-20-21(12-14)28-8-7-27-20/h1-2,5-6,11-12,15-17H,3-4,7-10H2/t15-,16+,17-. The highest BCUT2D eigenvalue weighted by Gasteiger charge is 2.44. The summed E-state index contributed by atoms with van der Waals surface area (Å²) in [5.41, 5.74) is 1.43. The molecule has 2 aromatic carbocycles. The largest absolute Gasteiger partial charge is 0.486 e. The lowest BCUT2D eigenvalue weighted by molar-refractivity contribution is 0.0570. The van der Waals surface area contributed by atoms with Crippen molar-refractivity contribution >= 4 is 5.91 Å². The molecule has 0 N–H and O–H groups in total. The van der Waals surface area contributed by atoms with E-state index in [-0.39, 0.29) is 23.9 Å². The average molecular weight is 385 g/mol. The van der Waals surface area contributed by atoms with Crippen molar-refractivity contribution in [2.75, 3.05) is 13.2 Å². The molecule has 2 saturated heterocycles. The van der Waals surface area contributed by atoms with Crippen LogP contribution in [-0.2, 0) is 0 Å². The maximum absolute atomic E-state index is 13.6. The number of nitrogens with zero attached hydrogens (tertiary/aromatic N) is 1. The summed E-state index contributed by atoms with van der Waals surface area (Å²) in [6.07, 6.45) is 3.44. The van der Waals surface area contributed by atoms with Crippen LogP contribution in [0.3, 0.4) is 0 Å². The van der Waals surface area contributed by atoms with Crippen molar-refractivity contribution < 1.29 is 23.0 Å². The lowest BCUT2D eigenvalue weighted by Gasteiger charge is -2.39. The second-order valence-electron chi connectivity index (χ2n) is 7.80. The number of carbonyl (C=O) groups excluding carboxylic acids is 1. The second kappa shape index (κ2) is 6.76. The van der Waals surface area contributed by atoms with Crippen molar-refractivity contribution in [1.29, 1.82) is 0 Å². The molecule has 0 aromatic heterocycles. The maximum atomic E-state index is 13.6. The molecule has 2 aromatic rings. The van der Waals surface area contributed by atoms with Crippen LogP contribution >= 0.6 is 0 Å². The number of hydrogen-bond donors (Lipinski definition) is 0. The number of amides is 1. The number of benzene rings is 2. The van der Waals surface area contributed by atoms with Gasteiger partial charge in [0.2, 0.25) is 0 Å². The molecule has 0 saturated carbocycles. The zero-order chi connectivity index (χ0) is 19.3. The molecule has 1 amide bonds. The van der Waals surface area contributed by atoms with Gasteiger partial charge in [-0.05, 0) is 67.5 Å². The Morgan fingerprint density at radius 1 is 0.893 bits per heavy atom. The molecule has 2 bridgehead atoms. The fourth-order valence-electron chi connectivity index (χ4n) is 4.87. The molecule has 3 atom stereocenters. The van der Waals surface area contributed by atoms with Crippen LogP contribution < -0.4 is 9.47 Å². The summed E-state index contributed by atoms with van der Waals surface area (Å²) in [5.74, 6) is -0.188. The van der Waals surface area contributed by atoms with Crippen molar-refractivity contribution in [2.24, 2.45) is 0 Å². The molecule has 0 aliphatic carbocycles. The SMILES string of the molecule is O=C(c1ccc2c(c1)OCCO2)N1[C@@H]2CC[C@H]1C[C@@H](c1ccc(F)c(F)c1)C2. The lowest BCUT2D eigenvalue weighted by atomic mass is 9.84. The van der Waals surface area contributed by atoms with E-state index in [1.165, 1.54) is 12.1 Å². The molecule has 0 radical (unpaired) electrons. The Balaban J connectivity index is 1.36. The number of carbonyl (C=O) groups is 1. The molecule has 146 valence electrons. The van der Waals surface area contributed by atoms with Crippen molar-refractivity contribution in [2.45, 2.75) is 43.7 Å². The Hall–Kier alpha value is -2.63. The first-order chi connectivity index (χ1) is 13.6. The molecule has 5 rings (SSSR count). The number of halogens is 2. The number of fused-ring (bicyclic) bond motifs is 3. The summed E-state index contributed by atoms with van der Waals surface area (Å²) < 4.78 is 38.0. The minimum Gasteiger partial charge on any atom is -0.486 e. The van der Waals surface area contributed by atoms with E-state index in [9.17, 15) is 13.6 Å². The first-order valence-corrected chi connectivity index (χ1v) is 9.77. The fraction of sp³-hybridized carbons (Fsp3) is 0.409.